The van der Waals surface area contributed by atoms with Gasteiger partial charge in [0.1, 0.15) is 0 Å². The van der Waals surface area contributed by atoms with Crippen molar-refractivity contribution in [2.24, 2.45) is 5.92 Å². The minimum atomic E-state index is -0.435. The molecule has 0 spiro atoms. The summed E-state index contributed by atoms with van der Waals surface area (Å²) in [5, 5.41) is 3.36. The van der Waals surface area contributed by atoms with Crippen LogP contribution >= 0.6 is 0 Å². The Labute approximate surface area is 116 Å². The van der Waals surface area contributed by atoms with E-state index < -0.39 is 5.54 Å². The number of carbonyl (C=O) groups is 1. The van der Waals surface area contributed by atoms with Gasteiger partial charge in [-0.2, -0.15) is 0 Å². The monoisotopic (exact) mass is 269 g/mol. The normalized spacial score (nSPS) is 29.3. The van der Waals surface area contributed by atoms with Gasteiger partial charge < -0.3 is 15.0 Å². The number of hydrogen-bond donors (Lipinski definition) is 1. The molecular weight excluding hydrogens is 242 g/mol. The van der Waals surface area contributed by atoms with Crippen LogP contribution in [0.25, 0.3) is 0 Å². The molecule has 0 aromatic carbocycles. The molecule has 5 nitrogen and oxygen atoms in total. The van der Waals surface area contributed by atoms with Gasteiger partial charge in [0.2, 0.25) is 5.91 Å². The second-order valence-corrected chi connectivity index (χ2v) is 6.32. The molecular formula is C14H27N3O2. The van der Waals surface area contributed by atoms with E-state index in [-0.39, 0.29) is 5.91 Å². The van der Waals surface area contributed by atoms with E-state index in [1.807, 2.05) is 18.7 Å². The Morgan fingerprint density at radius 2 is 2.00 bits per heavy atom. The number of hydrogen-bond acceptors (Lipinski definition) is 4. The minimum absolute atomic E-state index is 0.227. The average Bonchev–Trinajstić information content (AvgIpc) is 2.50. The van der Waals surface area contributed by atoms with Gasteiger partial charge in [0, 0.05) is 39.3 Å². The van der Waals surface area contributed by atoms with Crippen molar-refractivity contribution in [1.82, 2.24) is 15.1 Å². The fraction of sp³-hybridized carbons (Fsp3) is 0.929. The lowest BCUT2D eigenvalue weighted by Gasteiger charge is -2.32. The largest absolute Gasteiger partial charge is 0.379 e. The Morgan fingerprint density at radius 3 is 2.68 bits per heavy atom. The fourth-order valence-corrected chi connectivity index (χ4v) is 2.70. The highest BCUT2D eigenvalue weighted by atomic mass is 16.5. The molecule has 2 saturated heterocycles. The molecule has 2 fully saturated rings. The van der Waals surface area contributed by atoms with Gasteiger partial charge in [-0.25, -0.2) is 0 Å². The summed E-state index contributed by atoms with van der Waals surface area (Å²) < 4.78 is 5.35. The third-order valence-electron chi connectivity index (χ3n) is 4.04. The van der Waals surface area contributed by atoms with E-state index in [9.17, 15) is 4.79 Å². The predicted octanol–water partition coefficient (Wildman–Crippen LogP) is 0.165. The molecule has 5 heteroatoms. The first kappa shape index (κ1) is 14.8. The molecule has 0 radical (unpaired) electrons. The van der Waals surface area contributed by atoms with E-state index in [1.54, 1.807) is 0 Å². The van der Waals surface area contributed by atoms with Crippen LogP contribution in [0, 0.1) is 5.92 Å². The predicted molar refractivity (Wildman–Crippen MR) is 75.1 cm³/mol. The number of ether oxygens (including phenoxy) is 1. The van der Waals surface area contributed by atoms with E-state index in [1.165, 1.54) is 0 Å². The summed E-state index contributed by atoms with van der Waals surface area (Å²) in [4.78, 5) is 16.9. The number of amides is 1. The molecule has 19 heavy (non-hydrogen) atoms. The highest BCUT2D eigenvalue weighted by Crippen LogP contribution is 2.15. The van der Waals surface area contributed by atoms with Crippen molar-refractivity contribution in [3.8, 4) is 0 Å². The first-order valence-electron chi connectivity index (χ1n) is 7.33. The van der Waals surface area contributed by atoms with Crippen molar-refractivity contribution in [3.63, 3.8) is 0 Å². The van der Waals surface area contributed by atoms with Crippen molar-refractivity contribution in [1.29, 1.82) is 0 Å². The van der Waals surface area contributed by atoms with E-state index in [0.717, 1.165) is 52.5 Å². The second kappa shape index (κ2) is 6.20. The van der Waals surface area contributed by atoms with Crippen LogP contribution in [0.2, 0.25) is 0 Å². The fourth-order valence-electron chi connectivity index (χ4n) is 2.70. The molecule has 0 aromatic rings. The van der Waals surface area contributed by atoms with Crippen LogP contribution in [0.4, 0.5) is 0 Å². The first-order valence-corrected chi connectivity index (χ1v) is 7.33. The number of rotatable bonds is 3. The maximum atomic E-state index is 12.5. The molecule has 2 aliphatic rings. The van der Waals surface area contributed by atoms with E-state index >= 15 is 0 Å². The lowest BCUT2D eigenvalue weighted by atomic mass is 10.0. The molecule has 2 heterocycles. The number of morpholine rings is 1. The van der Waals surface area contributed by atoms with Gasteiger partial charge in [0.05, 0.1) is 18.8 Å². The summed E-state index contributed by atoms with van der Waals surface area (Å²) in [6.45, 7) is 13.3. The standard InChI is InChI=1S/C14H27N3O2/c1-12-10-15-14(2,3)13(18)17(11-12)5-4-16-6-8-19-9-7-16/h12,15H,4-11H2,1-3H3. The van der Waals surface area contributed by atoms with Gasteiger partial charge in [-0.1, -0.05) is 6.92 Å². The van der Waals surface area contributed by atoms with Crippen molar-refractivity contribution in [2.75, 3.05) is 52.5 Å². The maximum absolute atomic E-state index is 12.5. The Hall–Kier alpha value is -0.650. The van der Waals surface area contributed by atoms with Crippen LogP contribution in [0.5, 0.6) is 0 Å². The molecule has 1 atom stereocenters. The third kappa shape index (κ3) is 3.91. The van der Waals surface area contributed by atoms with Crippen molar-refractivity contribution in [2.45, 2.75) is 26.3 Å². The zero-order chi connectivity index (χ0) is 13.9. The third-order valence-corrected chi connectivity index (χ3v) is 4.04. The smallest absolute Gasteiger partial charge is 0.242 e. The summed E-state index contributed by atoms with van der Waals surface area (Å²) in [6.07, 6.45) is 0. The highest BCUT2D eigenvalue weighted by molar-refractivity contribution is 5.85. The molecule has 0 aromatic heterocycles. The van der Waals surface area contributed by atoms with E-state index in [0.29, 0.717) is 5.92 Å². The van der Waals surface area contributed by atoms with Gasteiger partial charge in [0.25, 0.3) is 0 Å². The lowest BCUT2D eigenvalue weighted by molar-refractivity contribution is -0.136. The maximum Gasteiger partial charge on any atom is 0.242 e. The minimum Gasteiger partial charge on any atom is -0.379 e. The van der Waals surface area contributed by atoms with Crippen molar-refractivity contribution < 1.29 is 9.53 Å². The zero-order valence-electron chi connectivity index (χ0n) is 12.4. The summed E-state index contributed by atoms with van der Waals surface area (Å²) in [5.41, 5.74) is -0.435. The molecule has 2 rings (SSSR count). The average molecular weight is 269 g/mol. The molecule has 1 unspecified atom stereocenters. The summed E-state index contributed by atoms with van der Waals surface area (Å²) in [5.74, 6) is 0.737. The number of nitrogens with zero attached hydrogens (tertiary/aromatic N) is 2. The molecule has 1 amide bonds. The highest BCUT2D eigenvalue weighted by Gasteiger charge is 2.35. The summed E-state index contributed by atoms with van der Waals surface area (Å²) >= 11 is 0. The Bertz CT molecular complexity index is 314. The summed E-state index contributed by atoms with van der Waals surface area (Å²) in [7, 11) is 0. The van der Waals surface area contributed by atoms with Crippen LogP contribution in [0.15, 0.2) is 0 Å². The van der Waals surface area contributed by atoms with Crippen LogP contribution in [-0.2, 0) is 9.53 Å². The quantitative estimate of drug-likeness (QED) is 0.793. The summed E-state index contributed by atoms with van der Waals surface area (Å²) in [6, 6.07) is 0. The Kier molecular flexibility index (Phi) is 4.81. The molecule has 1 N–H and O–H groups in total. The first-order chi connectivity index (χ1) is 8.99. The molecule has 2 aliphatic heterocycles. The molecule has 110 valence electrons. The zero-order valence-corrected chi connectivity index (χ0v) is 12.4. The molecule has 0 bridgehead atoms. The molecule has 0 aliphatic carbocycles. The van der Waals surface area contributed by atoms with Gasteiger partial charge in [-0.15, -0.1) is 0 Å². The van der Waals surface area contributed by atoms with E-state index in [2.05, 4.69) is 17.1 Å². The Balaban J connectivity index is 1.90. The lowest BCUT2D eigenvalue weighted by Crippen LogP contribution is -2.53. The molecule has 0 saturated carbocycles. The van der Waals surface area contributed by atoms with Crippen LogP contribution < -0.4 is 5.32 Å². The topological polar surface area (TPSA) is 44.8 Å². The van der Waals surface area contributed by atoms with Crippen LogP contribution in [0.3, 0.4) is 0 Å². The second-order valence-electron chi connectivity index (χ2n) is 6.32. The number of nitrogens with one attached hydrogen (secondary N) is 1. The van der Waals surface area contributed by atoms with Crippen LogP contribution in [0.1, 0.15) is 20.8 Å². The van der Waals surface area contributed by atoms with E-state index in [4.69, 9.17) is 4.74 Å². The van der Waals surface area contributed by atoms with Gasteiger partial charge in [-0.3, -0.25) is 9.69 Å². The van der Waals surface area contributed by atoms with Crippen LogP contribution in [-0.4, -0.2) is 73.7 Å². The van der Waals surface area contributed by atoms with Crippen molar-refractivity contribution in [3.05, 3.63) is 0 Å². The van der Waals surface area contributed by atoms with Gasteiger partial charge >= 0.3 is 0 Å². The van der Waals surface area contributed by atoms with Gasteiger partial charge in [-0.05, 0) is 19.8 Å². The van der Waals surface area contributed by atoms with Gasteiger partial charge in [0.15, 0.2) is 0 Å². The SMILES string of the molecule is CC1CNC(C)(C)C(=O)N(CCN2CCOCC2)C1. The van der Waals surface area contributed by atoms with Crippen molar-refractivity contribution >= 4 is 5.91 Å². The Morgan fingerprint density at radius 1 is 1.32 bits per heavy atom. The number of carbonyl (C=O) groups excluding carboxylic acids is 1.